The molecule has 1 aromatic heterocycles. The molecule has 2 aromatic carbocycles. The van der Waals surface area contributed by atoms with E-state index >= 15 is 0 Å². The SMILES string of the molecule is Cc1ccc(C2=C(SCc3ccco3)C(=O)N(c3ccc(C(F)(F)F)cc3)C2=O)cc1. The van der Waals surface area contributed by atoms with E-state index in [4.69, 9.17) is 4.42 Å². The van der Waals surface area contributed by atoms with Crippen LogP contribution in [-0.2, 0) is 21.5 Å². The zero-order valence-electron chi connectivity index (χ0n) is 16.3. The first-order valence-electron chi connectivity index (χ1n) is 9.28. The van der Waals surface area contributed by atoms with Crippen LogP contribution in [0.3, 0.4) is 0 Å². The largest absolute Gasteiger partial charge is 0.468 e. The van der Waals surface area contributed by atoms with Crippen molar-refractivity contribution in [3.8, 4) is 0 Å². The summed E-state index contributed by atoms with van der Waals surface area (Å²) in [6, 6.07) is 14.6. The molecule has 0 aliphatic carbocycles. The van der Waals surface area contributed by atoms with Crippen molar-refractivity contribution in [3.63, 3.8) is 0 Å². The molecular formula is C23H16F3NO3S. The maximum absolute atomic E-state index is 13.2. The van der Waals surface area contributed by atoms with Gasteiger partial charge < -0.3 is 4.42 Å². The Morgan fingerprint density at radius 1 is 0.935 bits per heavy atom. The summed E-state index contributed by atoms with van der Waals surface area (Å²) < 4.78 is 44.0. The van der Waals surface area contributed by atoms with E-state index in [1.807, 2.05) is 19.1 Å². The van der Waals surface area contributed by atoms with Crippen LogP contribution in [-0.4, -0.2) is 11.8 Å². The van der Waals surface area contributed by atoms with Crippen molar-refractivity contribution in [2.24, 2.45) is 0 Å². The molecule has 8 heteroatoms. The number of furan rings is 1. The molecule has 0 saturated heterocycles. The van der Waals surface area contributed by atoms with Gasteiger partial charge in [0, 0.05) is 0 Å². The van der Waals surface area contributed by atoms with Crippen molar-refractivity contribution < 1.29 is 27.2 Å². The van der Waals surface area contributed by atoms with Gasteiger partial charge in [-0.3, -0.25) is 9.59 Å². The second-order valence-corrected chi connectivity index (χ2v) is 7.91. The topological polar surface area (TPSA) is 50.5 Å². The Balaban J connectivity index is 1.71. The van der Waals surface area contributed by atoms with Crippen LogP contribution in [0, 0.1) is 6.92 Å². The highest BCUT2D eigenvalue weighted by molar-refractivity contribution is 8.03. The molecule has 0 radical (unpaired) electrons. The molecule has 0 N–H and O–H groups in total. The Morgan fingerprint density at radius 3 is 2.19 bits per heavy atom. The molecule has 0 fully saturated rings. The minimum absolute atomic E-state index is 0.0845. The number of hydrogen-bond donors (Lipinski definition) is 0. The highest BCUT2D eigenvalue weighted by Gasteiger charge is 2.40. The number of amides is 2. The lowest BCUT2D eigenvalue weighted by molar-refractivity contribution is -0.137. The van der Waals surface area contributed by atoms with E-state index in [2.05, 4.69) is 0 Å². The minimum atomic E-state index is -4.51. The molecular weight excluding hydrogens is 427 g/mol. The molecule has 31 heavy (non-hydrogen) atoms. The maximum atomic E-state index is 13.2. The number of rotatable bonds is 5. The van der Waals surface area contributed by atoms with Crippen LogP contribution in [0.5, 0.6) is 0 Å². The predicted octanol–water partition coefficient (Wildman–Crippen LogP) is 5.82. The van der Waals surface area contributed by atoms with E-state index in [1.54, 1.807) is 24.3 Å². The number of imide groups is 1. The summed E-state index contributed by atoms with van der Waals surface area (Å²) in [6.45, 7) is 1.90. The molecule has 2 heterocycles. The van der Waals surface area contributed by atoms with E-state index in [-0.39, 0.29) is 16.2 Å². The van der Waals surface area contributed by atoms with Gasteiger partial charge in [0.1, 0.15) is 5.76 Å². The zero-order chi connectivity index (χ0) is 22.2. The predicted molar refractivity (Wildman–Crippen MR) is 112 cm³/mol. The van der Waals surface area contributed by atoms with Gasteiger partial charge in [0.15, 0.2) is 0 Å². The number of hydrogen-bond acceptors (Lipinski definition) is 4. The molecule has 158 valence electrons. The Labute approximate surface area is 180 Å². The third-order valence-electron chi connectivity index (χ3n) is 4.77. The first-order valence-corrected chi connectivity index (χ1v) is 10.3. The Morgan fingerprint density at radius 2 is 1.61 bits per heavy atom. The van der Waals surface area contributed by atoms with Gasteiger partial charge in [-0.25, -0.2) is 4.90 Å². The normalized spacial score (nSPS) is 14.6. The van der Waals surface area contributed by atoms with Gasteiger partial charge in [-0.15, -0.1) is 11.8 Å². The monoisotopic (exact) mass is 443 g/mol. The zero-order valence-corrected chi connectivity index (χ0v) is 17.1. The number of carbonyl (C=O) groups excluding carboxylic acids is 2. The van der Waals surface area contributed by atoms with Gasteiger partial charge in [-0.1, -0.05) is 29.8 Å². The van der Waals surface area contributed by atoms with Gasteiger partial charge in [-0.05, 0) is 48.9 Å². The molecule has 4 nitrogen and oxygen atoms in total. The number of thioether (sulfide) groups is 1. The minimum Gasteiger partial charge on any atom is -0.468 e. The quantitative estimate of drug-likeness (QED) is 0.466. The maximum Gasteiger partial charge on any atom is 0.416 e. The van der Waals surface area contributed by atoms with E-state index in [0.29, 0.717) is 17.1 Å². The van der Waals surface area contributed by atoms with Crippen molar-refractivity contribution >= 4 is 34.8 Å². The number of carbonyl (C=O) groups is 2. The van der Waals surface area contributed by atoms with Crippen LogP contribution in [0.2, 0.25) is 0 Å². The van der Waals surface area contributed by atoms with Gasteiger partial charge >= 0.3 is 6.18 Å². The third-order valence-corrected chi connectivity index (χ3v) is 5.87. The van der Waals surface area contributed by atoms with Crippen molar-refractivity contribution in [3.05, 3.63) is 94.3 Å². The number of aryl methyl sites for hydroxylation is 1. The molecule has 0 atom stereocenters. The molecule has 0 bridgehead atoms. The lowest BCUT2D eigenvalue weighted by Gasteiger charge is -2.16. The summed E-state index contributed by atoms with van der Waals surface area (Å²) in [4.78, 5) is 27.6. The molecule has 0 spiro atoms. The Hall–Kier alpha value is -3.26. The second-order valence-electron chi connectivity index (χ2n) is 6.93. The van der Waals surface area contributed by atoms with Crippen molar-refractivity contribution in [2.75, 3.05) is 4.90 Å². The van der Waals surface area contributed by atoms with Gasteiger partial charge in [-0.2, -0.15) is 13.2 Å². The van der Waals surface area contributed by atoms with E-state index in [0.717, 1.165) is 46.5 Å². The van der Waals surface area contributed by atoms with Crippen LogP contribution in [0.1, 0.15) is 22.5 Å². The number of alkyl halides is 3. The molecule has 4 rings (SSSR count). The van der Waals surface area contributed by atoms with Crippen molar-refractivity contribution in [2.45, 2.75) is 18.9 Å². The molecule has 0 saturated carbocycles. The lowest BCUT2D eigenvalue weighted by atomic mass is 10.0. The van der Waals surface area contributed by atoms with Crippen molar-refractivity contribution in [1.82, 2.24) is 0 Å². The summed E-state index contributed by atoms with van der Waals surface area (Å²) in [6.07, 6.45) is -2.99. The Bertz CT molecular complexity index is 1150. The van der Waals surface area contributed by atoms with Crippen LogP contribution < -0.4 is 4.90 Å². The van der Waals surface area contributed by atoms with Gasteiger partial charge in [0.05, 0.1) is 33.7 Å². The third kappa shape index (κ3) is 4.16. The van der Waals surface area contributed by atoms with Gasteiger partial charge in [0.2, 0.25) is 0 Å². The molecule has 1 aliphatic heterocycles. The van der Waals surface area contributed by atoms with Crippen LogP contribution in [0.25, 0.3) is 5.57 Å². The number of anilines is 1. The standard InChI is InChI=1S/C23H16F3NO3S/c1-14-4-6-15(7-5-14)19-20(31-13-18-3-2-12-30-18)22(29)27(21(19)28)17-10-8-16(9-11-17)23(24,25)26/h2-12H,13H2,1H3. The number of nitrogens with zero attached hydrogens (tertiary/aromatic N) is 1. The van der Waals surface area contributed by atoms with Crippen LogP contribution in [0.15, 0.2) is 76.2 Å². The highest BCUT2D eigenvalue weighted by Crippen LogP contribution is 2.40. The summed E-state index contributed by atoms with van der Waals surface area (Å²) in [5, 5.41) is 0. The molecule has 2 amide bonds. The Kier molecular flexibility index (Phi) is 5.49. The van der Waals surface area contributed by atoms with E-state index < -0.39 is 23.6 Å². The summed E-state index contributed by atoms with van der Waals surface area (Å²) >= 11 is 1.16. The fourth-order valence-corrected chi connectivity index (χ4v) is 4.21. The first-order chi connectivity index (χ1) is 14.8. The lowest BCUT2D eigenvalue weighted by Crippen LogP contribution is -2.31. The van der Waals surface area contributed by atoms with E-state index in [1.165, 1.54) is 6.26 Å². The highest BCUT2D eigenvalue weighted by atomic mass is 32.2. The fourth-order valence-electron chi connectivity index (χ4n) is 3.19. The van der Waals surface area contributed by atoms with E-state index in [9.17, 15) is 22.8 Å². The average Bonchev–Trinajstić information content (AvgIpc) is 3.33. The van der Waals surface area contributed by atoms with Crippen molar-refractivity contribution in [1.29, 1.82) is 0 Å². The summed E-state index contributed by atoms with van der Waals surface area (Å²) in [5.41, 5.74) is 1.02. The first kappa shape index (κ1) is 21.0. The number of benzene rings is 2. The fraction of sp³-hybridized carbons (Fsp3) is 0.130. The molecule has 1 aliphatic rings. The molecule has 3 aromatic rings. The molecule has 0 unspecified atom stereocenters. The smallest absolute Gasteiger partial charge is 0.416 e. The van der Waals surface area contributed by atoms with Gasteiger partial charge in [0.25, 0.3) is 11.8 Å². The number of halogens is 3. The summed E-state index contributed by atoms with van der Waals surface area (Å²) in [5.74, 6) is -0.182. The second kappa shape index (κ2) is 8.11. The summed E-state index contributed by atoms with van der Waals surface area (Å²) in [7, 11) is 0. The van der Waals surface area contributed by atoms with Crippen LogP contribution >= 0.6 is 11.8 Å². The average molecular weight is 443 g/mol. The van der Waals surface area contributed by atoms with Crippen LogP contribution in [0.4, 0.5) is 18.9 Å².